The third kappa shape index (κ3) is 4.75. The van der Waals surface area contributed by atoms with Crippen molar-refractivity contribution in [3.63, 3.8) is 0 Å². The number of aliphatic carboxylic acids is 1. The van der Waals surface area contributed by atoms with Crippen LogP contribution in [-0.2, 0) is 14.3 Å². The molecule has 2 amide bonds. The molecule has 35 heavy (non-hydrogen) atoms. The summed E-state index contributed by atoms with van der Waals surface area (Å²) in [7, 11) is 0. The number of hydrogen-bond acceptors (Lipinski definition) is 5. The van der Waals surface area contributed by atoms with E-state index in [2.05, 4.69) is 29.6 Å². The number of carbonyl (C=O) groups is 3. The second kappa shape index (κ2) is 9.70. The Kier molecular flexibility index (Phi) is 6.47. The van der Waals surface area contributed by atoms with Crippen molar-refractivity contribution in [3.05, 3.63) is 59.7 Å². The van der Waals surface area contributed by atoms with Gasteiger partial charge in [-0.2, -0.15) is 0 Å². The molecule has 1 saturated carbocycles. The van der Waals surface area contributed by atoms with Gasteiger partial charge in [0.05, 0.1) is 6.10 Å². The van der Waals surface area contributed by atoms with Crippen LogP contribution in [0.25, 0.3) is 11.1 Å². The van der Waals surface area contributed by atoms with E-state index < -0.39 is 24.2 Å². The van der Waals surface area contributed by atoms with Crippen molar-refractivity contribution in [2.24, 2.45) is 5.92 Å². The van der Waals surface area contributed by atoms with Crippen LogP contribution in [0.3, 0.4) is 0 Å². The maximum Gasteiger partial charge on any atom is 0.407 e. The fraction of sp³-hybridized carbons (Fsp3) is 0.444. The van der Waals surface area contributed by atoms with Crippen LogP contribution in [0.1, 0.15) is 49.1 Å². The first-order valence-corrected chi connectivity index (χ1v) is 12.2. The van der Waals surface area contributed by atoms with Gasteiger partial charge in [0.25, 0.3) is 0 Å². The monoisotopic (exact) mass is 478 g/mol. The first-order valence-electron chi connectivity index (χ1n) is 12.2. The number of rotatable bonds is 6. The van der Waals surface area contributed by atoms with Crippen molar-refractivity contribution in [3.8, 4) is 11.1 Å². The van der Waals surface area contributed by atoms with Crippen molar-refractivity contribution in [1.82, 2.24) is 10.2 Å². The van der Waals surface area contributed by atoms with Gasteiger partial charge in [-0.3, -0.25) is 4.79 Å². The molecular weight excluding hydrogens is 448 g/mol. The molecule has 8 nitrogen and oxygen atoms in total. The molecule has 8 heteroatoms. The summed E-state index contributed by atoms with van der Waals surface area (Å²) >= 11 is 0. The van der Waals surface area contributed by atoms with E-state index in [4.69, 9.17) is 4.74 Å². The fourth-order valence-corrected chi connectivity index (χ4v) is 5.89. The lowest BCUT2D eigenvalue weighted by Gasteiger charge is -2.23. The SMILES string of the molecule is O=C(N[C@H]1CC[C@@H](CC(=O)N2CC(O)CC2C(=O)O)C1)OCC1c2ccccc2-c2ccccc21. The minimum absolute atomic E-state index is 0.0000843. The van der Waals surface area contributed by atoms with Gasteiger partial charge < -0.3 is 25.2 Å². The van der Waals surface area contributed by atoms with Crippen LogP contribution >= 0.6 is 0 Å². The van der Waals surface area contributed by atoms with Gasteiger partial charge in [0.1, 0.15) is 12.6 Å². The van der Waals surface area contributed by atoms with Gasteiger partial charge in [0.2, 0.25) is 5.91 Å². The number of carbonyl (C=O) groups excluding carboxylic acids is 2. The second-order valence-corrected chi connectivity index (χ2v) is 9.84. The Bertz CT molecular complexity index is 1090. The Hall–Kier alpha value is -3.39. The van der Waals surface area contributed by atoms with Crippen LogP contribution in [0.5, 0.6) is 0 Å². The lowest BCUT2D eigenvalue weighted by Crippen LogP contribution is -2.41. The second-order valence-electron chi connectivity index (χ2n) is 9.84. The van der Waals surface area contributed by atoms with Crippen LogP contribution < -0.4 is 5.32 Å². The Balaban J connectivity index is 1.12. The van der Waals surface area contributed by atoms with E-state index in [0.717, 1.165) is 24.0 Å². The number of hydrogen-bond donors (Lipinski definition) is 3. The molecule has 2 aliphatic carbocycles. The zero-order chi connectivity index (χ0) is 24.5. The summed E-state index contributed by atoms with van der Waals surface area (Å²) in [4.78, 5) is 37.9. The fourth-order valence-electron chi connectivity index (χ4n) is 5.89. The van der Waals surface area contributed by atoms with Gasteiger partial charge in [-0.25, -0.2) is 9.59 Å². The molecule has 0 bridgehead atoms. The Morgan fingerprint density at radius 2 is 1.63 bits per heavy atom. The van der Waals surface area contributed by atoms with E-state index in [1.165, 1.54) is 16.0 Å². The Labute approximate surface area is 203 Å². The van der Waals surface area contributed by atoms with Crippen LogP contribution in [0.15, 0.2) is 48.5 Å². The lowest BCUT2D eigenvalue weighted by molar-refractivity contribution is -0.148. The summed E-state index contributed by atoms with van der Waals surface area (Å²) in [6.07, 6.45) is 1.19. The highest BCUT2D eigenvalue weighted by Gasteiger charge is 2.40. The predicted molar refractivity (Wildman–Crippen MR) is 128 cm³/mol. The zero-order valence-electron chi connectivity index (χ0n) is 19.4. The molecule has 0 aromatic heterocycles. The number of ether oxygens (including phenoxy) is 1. The topological polar surface area (TPSA) is 116 Å². The summed E-state index contributed by atoms with van der Waals surface area (Å²) < 4.78 is 5.63. The zero-order valence-corrected chi connectivity index (χ0v) is 19.4. The summed E-state index contributed by atoms with van der Waals surface area (Å²) in [5.74, 6) is -1.27. The van der Waals surface area contributed by atoms with Crippen molar-refractivity contribution in [1.29, 1.82) is 0 Å². The highest BCUT2D eigenvalue weighted by atomic mass is 16.5. The van der Waals surface area contributed by atoms with Crippen molar-refractivity contribution in [2.75, 3.05) is 13.2 Å². The van der Waals surface area contributed by atoms with Gasteiger partial charge in [-0.05, 0) is 47.4 Å². The summed E-state index contributed by atoms with van der Waals surface area (Å²) in [5.41, 5.74) is 4.67. The smallest absolute Gasteiger partial charge is 0.407 e. The van der Waals surface area contributed by atoms with Crippen molar-refractivity contribution >= 4 is 18.0 Å². The predicted octanol–water partition coefficient (Wildman–Crippen LogP) is 3.13. The number of likely N-dealkylation sites (tertiary alicyclic amines) is 1. The van der Waals surface area contributed by atoms with Crippen LogP contribution in [0.2, 0.25) is 0 Å². The van der Waals surface area contributed by atoms with Gasteiger partial charge in [0, 0.05) is 31.3 Å². The molecule has 2 aromatic carbocycles. The standard InChI is InChI=1S/C27H30N2O6/c30-18-13-24(26(32)33)29(14-18)25(31)12-16-9-10-17(11-16)28-27(34)35-15-23-21-7-3-1-5-19(21)20-6-2-4-8-22(20)23/h1-8,16-18,23-24,30H,9-15H2,(H,28,34)(H,32,33)/t16-,17+,18?,24?/m1/s1. The normalized spacial score (nSPS) is 25.2. The highest BCUT2D eigenvalue weighted by Crippen LogP contribution is 2.44. The molecule has 3 N–H and O–H groups in total. The maximum absolute atomic E-state index is 12.7. The average Bonchev–Trinajstić information content (AvgIpc) is 3.53. The molecule has 4 atom stereocenters. The molecule has 1 heterocycles. The number of nitrogens with zero attached hydrogens (tertiary/aromatic N) is 1. The van der Waals surface area contributed by atoms with Crippen molar-refractivity contribution in [2.45, 2.75) is 56.2 Å². The largest absolute Gasteiger partial charge is 0.480 e. The first-order chi connectivity index (χ1) is 16.9. The molecule has 0 radical (unpaired) electrons. The number of carboxylic acids is 1. The minimum Gasteiger partial charge on any atom is -0.480 e. The van der Waals surface area contributed by atoms with E-state index in [-0.39, 0.29) is 49.8 Å². The number of benzene rings is 2. The molecular formula is C27H30N2O6. The number of β-amino-alcohol motifs (C(OH)–C–C–N with tert-alkyl or cyclic N) is 1. The maximum atomic E-state index is 12.7. The molecule has 2 unspecified atom stereocenters. The van der Waals surface area contributed by atoms with Gasteiger partial charge in [-0.15, -0.1) is 0 Å². The van der Waals surface area contributed by atoms with E-state index in [0.29, 0.717) is 6.42 Å². The third-order valence-electron chi connectivity index (χ3n) is 7.55. The molecule has 1 aliphatic heterocycles. The Morgan fingerprint density at radius 3 is 2.29 bits per heavy atom. The summed E-state index contributed by atoms with van der Waals surface area (Å²) in [5, 5.41) is 22.0. The first kappa shape index (κ1) is 23.4. The van der Waals surface area contributed by atoms with Crippen LogP contribution in [-0.4, -0.2) is 64.4 Å². The van der Waals surface area contributed by atoms with Gasteiger partial charge in [0.15, 0.2) is 0 Å². The van der Waals surface area contributed by atoms with E-state index in [1.807, 2.05) is 24.3 Å². The molecule has 5 rings (SSSR count). The number of carboxylic acid groups (broad SMARTS) is 1. The number of nitrogens with one attached hydrogen (secondary N) is 1. The lowest BCUT2D eigenvalue weighted by atomic mass is 9.98. The molecule has 2 aromatic rings. The number of fused-ring (bicyclic) bond motifs is 3. The summed E-state index contributed by atoms with van der Waals surface area (Å²) in [6, 6.07) is 15.3. The quantitative estimate of drug-likeness (QED) is 0.588. The summed E-state index contributed by atoms with van der Waals surface area (Å²) in [6.45, 7) is 0.312. The average molecular weight is 479 g/mol. The molecule has 2 fully saturated rings. The number of aliphatic hydroxyl groups excluding tert-OH is 1. The van der Waals surface area contributed by atoms with E-state index in [1.54, 1.807) is 0 Å². The van der Waals surface area contributed by atoms with Crippen LogP contribution in [0, 0.1) is 5.92 Å². The Morgan fingerprint density at radius 1 is 0.971 bits per heavy atom. The van der Waals surface area contributed by atoms with E-state index >= 15 is 0 Å². The number of amides is 2. The number of aliphatic hydroxyl groups is 1. The highest BCUT2D eigenvalue weighted by molar-refractivity contribution is 5.84. The van der Waals surface area contributed by atoms with E-state index in [9.17, 15) is 24.6 Å². The van der Waals surface area contributed by atoms with Gasteiger partial charge in [-0.1, -0.05) is 48.5 Å². The minimum atomic E-state index is -1.09. The third-order valence-corrected chi connectivity index (χ3v) is 7.55. The van der Waals surface area contributed by atoms with Gasteiger partial charge >= 0.3 is 12.1 Å². The van der Waals surface area contributed by atoms with Crippen molar-refractivity contribution < 1.29 is 29.3 Å². The van der Waals surface area contributed by atoms with Crippen LogP contribution in [0.4, 0.5) is 4.79 Å². The molecule has 1 saturated heterocycles. The molecule has 184 valence electrons. The molecule has 3 aliphatic rings. The molecule has 0 spiro atoms. The number of alkyl carbamates (subject to hydrolysis) is 1.